The Bertz CT molecular complexity index is 313. The summed E-state index contributed by atoms with van der Waals surface area (Å²) >= 11 is 0. The first kappa shape index (κ1) is 15.7. The third kappa shape index (κ3) is 9.57. The molecular weight excluding hydrogens is 216 g/mol. The summed E-state index contributed by atoms with van der Waals surface area (Å²) in [5.41, 5.74) is 0.798. The standard InChI is InChI=1S/C12H18O.C2H4O2/c1-3-12(2,13)10-9-11-7-5-4-6-8-11;1-2(3)4/h4-8,13H,3,9-10H2,1-2H3;1H3,(H,3,4). The molecule has 96 valence electrons. The van der Waals surface area contributed by atoms with Gasteiger partial charge in [-0.1, -0.05) is 37.3 Å². The number of hydrogen-bond donors (Lipinski definition) is 2. The quantitative estimate of drug-likeness (QED) is 0.848. The molecule has 0 aliphatic rings. The van der Waals surface area contributed by atoms with Gasteiger partial charge >= 0.3 is 0 Å². The maximum atomic E-state index is 9.78. The maximum absolute atomic E-state index is 9.78. The summed E-state index contributed by atoms with van der Waals surface area (Å²) in [4.78, 5) is 9.00. The second kappa shape index (κ2) is 7.85. The van der Waals surface area contributed by atoms with Crippen LogP contribution < -0.4 is 0 Å². The van der Waals surface area contributed by atoms with E-state index in [0.717, 1.165) is 26.2 Å². The molecule has 1 aromatic carbocycles. The molecule has 0 saturated heterocycles. The molecule has 0 radical (unpaired) electrons. The minimum absolute atomic E-state index is 0.504. The Morgan fingerprint density at radius 3 is 2.18 bits per heavy atom. The molecule has 0 heterocycles. The molecule has 0 amide bonds. The number of rotatable bonds is 4. The molecule has 0 bridgehead atoms. The number of carbonyl (C=O) groups is 1. The Balaban J connectivity index is 0.000000557. The Kier molecular flexibility index (Phi) is 7.22. The SMILES string of the molecule is CC(=O)O.CCC(C)(O)CCc1ccccc1. The van der Waals surface area contributed by atoms with Crippen molar-refractivity contribution in [1.29, 1.82) is 0 Å². The van der Waals surface area contributed by atoms with Crippen molar-refractivity contribution in [2.24, 2.45) is 0 Å². The normalized spacial score (nSPS) is 13.2. The Hall–Kier alpha value is -1.35. The number of benzene rings is 1. The van der Waals surface area contributed by atoms with Crippen LogP contribution in [0.4, 0.5) is 0 Å². The summed E-state index contributed by atoms with van der Waals surface area (Å²) in [7, 11) is 0. The van der Waals surface area contributed by atoms with Crippen molar-refractivity contribution in [1.82, 2.24) is 0 Å². The van der Waals surface area contributed by atoms with Crippen LogP contribution in [0.1, 0.15) is 39.2 Å². The summed E-state index contributed by atoms with van der Waals surface area (Å²) in [6.45, 7) is 5.00. The van der Waals surface area contributed by atoms with Crippen molar-refractivity contribution < 1.29 is 15.0 Å². The van der Waals surface area contributed by atoms with Crippen LogP contribution >= 0.6 is 0 Å². The van der Waals surface area contributed by atoms with Gasteiger partial charge in [0.15, 0.2) is 0 Å². The van der Waals surface area contributed by atoms with Gasteiger partial charge in [0.25, 0.3) is 5.97 Å². The highest BCUT2D eigenvalue weighted by Gasteiger charge is 2.16. The topological polar surface area (TPSA) is 57.5 Å². The summed E-state index contributed by atoms with van der Waals surface area (Å²) in [5, 5.41) is 17.2. The lowest BCUT2D eigenvalue weighted by molar-refractivity contribution is -0.134. The molecule has 0 fully saturated rings. The molecule has 3 nitrogen and oxygen atoms in total. The van der Waals surface area contributed by atoms with Crippen LogP contribution in [0.15, 0.2) is 30.3 Å². The largest absolute Gasteiger partial charge is 0.481 e. The molecule has 1 atom stereocenters. The third-order valence-corrected chi connectivity index (χ3v) is 2.56. The van der Waals surface area contributed by atoms with Crippen molar-refractivity contribution in [3.8, 4) is 0 Å². The molecule has 2 N–H and O–H groups in total. The van der Waals surface area contributed by atoms with Crippen LogP contribution in [0.25, 0.3) is 0 Å². The van der Waals surface area contributed by atoms with E-state index in [0.29, 0.717) is 0 Å². The molecule has 3 heteroatoms. The monoisotopic (exact) mass is 238 g/mol. The molecule has 17 heavy (non-hydrogen) atoms. The fourth-order valence-electron chi connectivity index (χ4n) is 1.24. The first-order valence-electron chi connectivity index (χ1n) is 5.83. The van der Waals surface area contributed by atoms with E-state index in [-0.39, 0.29) is 0 Å². The summed E-state index contributed by atoms with van der Waals surface area (Å²) in [6, 6.07) is 10.3. The van der Waals surface area contributed by atoms with E-state index in [9.17, 15) is 5.11 Å². The van der Waals surface area contributed by atoms with Gasteiger partial charge in [-0.2, -0.15) is 0 Å². The first-order chi connectivity index (χ1) is 7.87. The zero-order valence-corrected chi connectivity index (χ0v) is 10.8. The van der Waals surface area contributed by atoms with Gasteiger partial charge in [-0.05, 0) is 31.7 Å². The molecule has 0 aliphatic heterocycles. The predicted octanol–water partition coefficient (Wildman–Crippen LogP) is 2.87. The molecule has 1 aromatic rings. The minimum atomic E-state index is -0.833. The van der Waals surface area contributed by atoms with Gasteiger partial charge in [0, 0.05) is 6.92 Å². The number of carboxylic acids is 1. The zero-order valence-electron chi connectivity index (χ0n) is 10.8. The van der Waals surface area contributed by atoms with Crippen LogP contribution in [0.3, 0.4) is 0 Å². The van der Waals surface area contributed by atoms with Crippen molar-refractivity contribution in [2.75, 3.05) is 0 Å². The van der Waals surface area contributed by atoms with Crippen molar-refractivity contribution in [3.63, 3.8) is 0 Å². The lowest BCUT2D eigenvalue weighted by Crippen LogP contribution is -2.23. The van der Waals surface area contributed by atoms with E-state index in [2.05, 4.69) is 12.1 Å². The molecule has 0 aliphatic carbocycles. The average Bonchev–Trinajstić information content (AvgIpc) is 2.27. The molecule has 0 spiro atoms. The zero-order chi connectivity index (χ0) is 13.3. The second-order valence-electron chi connectivity index (χ2n) is 4.36. The van der Waals surface area contributed by atoms with Gasteiger partial charge in [-0.15, -0.1) is 0 Å². The van der Waals surface area contributed by atoms with E-state index in [1.165, 1.54) is 5.56 Å². The molecule has 0 aromatic heterocycles. The first-order valence-corrected chi connectivity index (χ1v) is 5.83. The van der Waals surface area contributed by atoms with E-state index >= 15 is 0 Å². The Labute approximate surface area is 103 Å². The van der Waals surface area contributed by atoms with E-state index in [1.54, 1.807) is 0 Å². The van der Waals surface area contributed by atoms with Crippen LogP contribution in [-0.4, -0.2) is 21.8 Å². The predicted molar refractivity (Wildman–Crippen MR) is 69.0 cm³/mol. The summed E-state index contributed by atoms with van der Waals surface area (Å²) in [5.74, 6) is -0.833. The highest BCUT2D eigenvalue weighted by molar-refractivity contribution is 5.62. The second-order valence-corrected chi connectivity index (χ2v) is 4.36. The fourth-order valence-corrected chi connectivity index (χ4v) is 1.24. The van der Waals surface area contributed by atoms with Gasteiger partial charge in [0.1, 0.15) is 0 Å². The van der Waals surface area contributed by atoms with Crippen molar-refractivity contribution in [3.05, 3.63) is 35.9 Å². The van der Waals surface area contributed by atoms with Gasteiger partial charge in [-0.25, -0.2) is 0 Å². The number of carboxylic acid groups (broad SMARTS) is 1. The van der Waals surface area contributed by atoms with Gasteiger partial charge < -0.3 is 10.2 Å². The van der Waals surface area contributed by atoms with Gasteiger partial charge in [0.2, 0.25) is 0 Å². The molecule has 1 unspecified atom stereocenters. The smallest absolute Gasteiger partial charge is 0.300 e. The average molecular weight is 238 g/mol. The van der Waals surface area contributed by atoms with Crippen LogP contribution in [0.2, 0.25) is 0 Å². The number of aliphatic carboxylic acids is 1. The summed E-state index contributed by atoms with van der Waals surface area (Å²) < 4.78 is 0. The number of hydrogen-bond acceptors (Lipinski definition) is 2. The van der Waals surface area contributed by atoms with Gasteiger partial charge in [-0.3, -0.25) is 4.79 Å². The highest BCUT2D eigenvalue weighted by Crippen LogP contribution is 2.16. The van der Waals surface area contributed by atoms with Crippen LogP contribution in [0.5, 0.6) is 0 Å². The highest BCUT2D eigenvalue weighted by atomic mass is 16.4. The van der Waals surface area contributed by atoms with E-state index in [1.807, 2.05) is 32.0 Å². The fraction of sp³-hybridized carbons (Fsp3) is 0.500. The Morgan fingerprint density at radius 2 is 1.76 bits per heavy atom. The van der Waals surface area contributed by atoms with Gasteiger partial charge in [0.05, 0.1) is 5.60 Å². The lowest BCUT2D eigenvalue weighted by Gasteiger charge is -2.20. The van der Waals surface area contributed by atoms with E-state index in [4.69, 9.17) is 9.90 Å². The maximum Gasteiger partial charge on any atom is 0.300 e. The molecule has 1 rings (SSSR count). The number of aliphatic hydroxyl groups is 1. The molecule has 0 saturated carbocycles. The van der Waals surface area contributed by atoms with Crippen molar-refractivity contribution in [2.45, 2.75) is 45.6 Å². The third-order valence-electron chi connectivity index (χ3n) is 2.56. The van der Waals surface area contributed by atoms with Crippen LogP contribution in [-0.2, 0) is 11.2 Å². The van der Waals surface area contributed by atoms with Crippen molar-refractivity contribution >= 4 is 5.97 Å². The lowest BCUT2D eigenvalue weighted by atomic mass is 9.94. The minimum Gasteiger partial charge on any atom is -0.481 e. The Morgan fingerprint density at radius 1 is 1.29 bits per heavy atom. The number of aryl methyl sites for hydroxylation is 1. The van der Waals surface area contributed by atoms with Crippen LogP contribution in [0, 0.1) is 0 Å². The molecular formula is C14H22O3. The summed E-state index contributed by atoms with van der Waals surface area (Å²) in [6.07, 6.45) is 2.62. The van der Waals surface area contributed by atoms with E-state index < -0.39 is 11.6 Å².